The van der Waals surface area contributed by atoms with Crippen molar-refractivity contribution in [2.75, 3.05) is 13.1 Å². The molecule has 1 aromatic carbocycles. The van der Waals surface area contributed by atoms with Gasteiger partial charge in [-0.3, -0.25) is 0 Å². The van der Waals surface area contributed by atoms with Crippen molar-refractivity contribution in [3.63, 3.8) is 0 Å². The Bertz CT molecular complexity index is 906. The maximum atomic E-state index is 13.9. The van der Waals surface area contributed by atoms with Gasteiger partial charge in [0.05, 0.1) is 11.0 Å². The zero-order chi connectivity index (χ0) is 17.4. The van der Waals surface area contributed by atoms with Crippen molar-refractivity contribution in [3.05, 3.63) is 48.1 Å². The van der Waals surface area contributed by atoms with Crippen LogP contribution in [0, 0.1) is 11.9 Å². The van der Waals surface area contributed by atoms with Crippen LogP contribution in [0.5, 0.6) is 0 Å². The molecule has 0 spiro atoms. The number of fused-ring (bicyclic) bond motifs is 1. The van der Waals surface area contributed by atoms with Gasteiger partial charge in [-0.05, 0) is 56.1 Å². The largest absolute Gasteiger partial charge is 0.342 e. The number of halogens is 2. The maximum Gasteiger partial charge on any atom is 0.223 e. The van der Waals surface area contributed by atoms with E-state index in [1.807, 2.05) is 12.1 Å². The third-order valence-electron chi connectivity index (χ3n) is 4.98. The Morgan fingerprint density at radius 3 is 2.84 bits per heavy atom. The number of aromatic amines is 1. The molecule has 0 saturated carbocycles. The highest BCUT2D eigenvalue weighted by Crippen LogP contribution is 2.25. The molecule has 1 fully saturated rings. The molecule has 1 N–H and O–H groups in total. The number of nitrogens with one attached hydrogen (secondary N) is 1. The lowest BCUT2D eigenvalue weighted by molar-refractivity contribution is 0.271. The predicted octanol–water partition coefficient (Wildman–Crippen LogP) is 3.93. The first-order valence-electron chi connectivity index (χ1n) is 8.65. The molecule has 1 saturated heterocycles. The molecule has 3 heterocycles. The second kappa shape index (κ2) is 6.52. The Hall–Kier alpha value is -2.34. The average molecular weight is 342 g/mol. The summed E-state index contributed by atoms with van der Waals surface area (Å²) in [5, 5.41) is 0. The van der Waals surface area contributed by atoms with E-state index in [0.717, 1.165) is 42.4 Å². The Kier molecular flexibility index (Phi) is 4.21. The highest BCUT2D eigenvalue weighted by atomic mass is 19.1. The zero-order valence-electron chi connectivity index (χ0n) is 14.1. The normalized spacial score (nSPS) is 18.3. The van der Waals surface area contributed by atoms with Gasteiger partial charge < -0.3 is 9.88 Å². The van der Waals surface area contributed by atoms with Crippen molar-refractivity contribution in [1.82, 2.24) is 19.9 Å². The SMILES string of the molecule is CC1CCCN1CCc1nc2ccc(-c3ccc(F)nc3F)cc2[nH]1. The number of H-pyrrole nitrogens is 1. The molecule has 130 valence electrons. The molecule has 4 nitrogen and oxygen atoms in total. The summed E-state index contributed by atoms with van der Waals surface area (Å²) in [5.74, 6) is -0.687. The standard InChI is InChI=1S/C19H20F2N4/c1-12-3-2-9-25(12)10-8-18-22-15-6-4-13(11-16(15)23-18)14-5-7-17(20)24-19(14)21/h4-7,11-12H,2-3,8-10H2,1H3,(H,22,23). The van der Waals surface area contributed by atoms with Crippen molar-refractivity contribution >= 4 is 11.0 Å². The van der Waals surface area contributed by atoms with Gasteiger partial charge in [0, 0.05) is 24.6 Å². The quantitative estimate of drug-likeness (QED) is 0.731. The molecule has 1 aliphatic heterocycles. The first-order chi connectivity index (χ1) is 12.1. The fourth-order valence-electron chi connectivity index (χ4n) is 3.55. The number of likely N-dealkylation sites (tertiary alicyclic amines) is 1. The Labute approximate surface area is 144 Å². The second-order valence-corrected chi connectivity index (χ2v) is 6.66. The van der Waals surface area contributed by atoms with Gasteiger partial charge in [-0.1, -0.05) is 6.07 Å². The summed E-state index contributed by atoms with van der Waals surface area (Å²) in [7, 11) is 0. The van der Waals surface area contributed by atoms with Gasteiger partial charge in [-0.25, -0.2) is 4.98 Å². The van der Waals surface area contributed by atoms with Gasteiger partial charge in [0.2, 0.25) is 11.9 Å². The molecule has 0 radical (unpaired) electrons. The van der Waals surface area contributed by atoms with Crippen LogP contribution < -0.4 is 0 Å². The smallest absolute Gasteiger partial charge is 0.223 e. The molecule has 6 heteroatoms. The molecule has 1 unspecified atom stereocenters. The van der Waals surface area contributed by atoms with Crippen molar-refractivity contribution in [3.8, 4) is 11.1 Å². The van der Waals surface area contributed by atoms with E-state index >= 15 is 0 Å². The molecular formula is C19H20F2N4. The lowest BCUT2D eigenvalue weighted by Crippen LogP contribution is -2.29. The van der Waals surface area contributed by atoms with Crippen LogP contribution >= 0.6 is 0 Å². The summed E-state index contributed by atoms with van der Waals surface area (Å²) in [6.45, 7) is 4.41. The Balaban J connectivity index is 1.56. The number of imidazole rings is 1. The number of nitrogens with zero attached hydrogens (tertiary/aromatic N) is 3. The van der Waals surface area contributed by atoms with Gasteiger partial charge in [-0.15, -0.1) is 0 Å². The molecule has 25 heavy (non-hydrogen) atoms. The van der Waals surface area contributed by atoms with Crippen LogP contribution in [0.3, 0.4) is 0 Å². The minimum Gasteiger partial charge on any atom is -0.342 e. The Morgan fingerprint density at radius 1 is 1.20 bits per heavy atom. The molecular weight excluding hydrogens is 322 g/mol. The molecule has 0 amide bonds. The second-order valence-electron chi connectivity index (χ2n) is 6.66. The van der Waals surface area contributed by atoms with E-state index in [4.69, 9.17) is 0 Å². The van der Waals surface area contributed by atoms with Crippen LogP contribution in [0.15, 0.2) is 30.3 Å². The van der Waals surface area contributed by atoms with E-state index in [1.54, 1.807) is 6.07 Å². The summed E-state index contributed by atoms with van der Waals surface area (Å²) >= 11 is 0. The Morgan fingerprint density at radius 2 is 2.08 bits per heavy atom. The molecule has 1 aliphatic rings. The molecule has 0 bridgehead atoms. The molecule has 2 aromatic heterocycles. The fourth-order valence-corrected chi connectivity index (χ4v) is 3.55. The number of benzene rings is 1. The van der Waals surface area contributed by atoms with E-state index in [0.29, 0.717) is 11.6 Å². The summed E-state index contributed by atoms with van der Waals surface area (Å²) in [6, 6.07) is 8.69. The zero-order valence-corrected chi connectivity index (χ0v) is 14.1. The van der Waals surface area contributed by atoms with E-state index in [1.165, 1.54) is 18.9 Å². The van der Waals surface area contributed by atoms with E-state index in [2.05, 4.69) is 26.8 Å². The van der Waals surface area contributed by atoms with Crippen LogP contribution in [0.1, 0.15) is 25.6 Å². The summed E-state index contributed by atoms with van der Waals surface area (Å²) in [6.07, 6.45) is 3.39. The molecule has 3 aromatic rings. The minimum atomic E-state index is -0.817. The predicted molar refractivity (Wildman–Crippen MR) is 93.2 cm³/mol. The van der Waals surface area contributed by atoms with Gasteiger partial charge >= 0.3 is 0 Å². The summed E-state index contributed by atoms with van der Waals surface area (Å²) in [4.78, 5) is 13.7. The van der Waals surface area contributed by atoms with Crippen LogP contribution in [0.2, 0.25) is 0 Å². The first-order valence-corrected chi connectivity index (χ1v) is 8.65. The van der Waals surface area contributed by atoms with Crippen molar-refractivity contribution in [1.29, 1.82) is 0 Å². The highest BCUT2D eigenvalue weighted by molar-refractivity contribution is 5.81. The minimum absolute atomic E-state index is 0.283. The summed E-state index contributed by atoms with van der Waals surface area (Å²) < 4.78 is 26.9. The maximum absolute atomic E-state index is 13.9. The molecule has 0 aliphatic carbocycles. The number of aromatic nitrogens is 3. The highest BCUT2D eigenvalue weighted by Gasteiger charge is 2.20. The molecule has 1 atom stereocenters. The third-order valence-corrected chi connectivity index (χ3v) is 4.98. The van der Waals surface area contributed by atoms with Gasteiger partial charge in [0.15, 0.2) is 0 Å². The fraction of sp³-hybridized carbons (Fsp3) is 0.368. The topological polar surface area (TPSA) is 44.8 Å². The number of hydrogen-bond acceptors (Lipinski definition) is 3. The molecule has 4 rings (SSSR count). The van der Waals surface area contributed by atoms with E-state index in [9.17, 15) is 8.78 Å². The van der Waals surface area contributed by atoms with E-state index < -0.39 is 11.9 Å². The average Bonchev–Trinajstić information content (AvgIpc) is 3.17. The van der Waals surface area contributed by atoms with Gasteiger partial charge in [0.25, 0.3) is 0 Å². The first kappa shape index (κ1) is 16.1. The van der Waals surface area contributed by atoms with Crippen molar-refractivity contribution < 1.29 is 8.78 Å². The van der Waals surface area contributed by atoms with Crippen LogP contribution in [0.25, 0.3) is 22.2 Å². The van der Waals surface area contributed by atoms with Gasteiger partial charge in [0.1, 0.15) is 5.82 Å². The van der Waals surface area contributed by atoms with Crippen LogP contribution in [-0.4, -0.2) is 39.0 Å². The van der Waals surface area contributed by atoms with Crippen LogP contribution in [-0.2, 0) is 6.42 Å². The number of rotatable bonds is 4. The van der Waals surface area contributed by atoms with Crippen LogP contribution in [0.4, 0.5) is 8.78 Å². The number of hydrogen-bond donors (Lipinski definition) is 1. The van der Waals surface area contributed by atoms with Crippen molar-refractivity contribution in [2.45, 2.75) is 32.2 Å². The lowest BCUT2D eigenvalue weighted by atomic mass is 10.1. The van der Waals surface area contributed by atoms with Gasteiger partial charge in [-0.2, -0.15) is 13.8 Å². The monoisotopic (exact) mass is 342 g/mol. The lowest BCUT2D eigenvalue weighted by Gasteiger charge is -2.19. The third kappa shape index (κ3) is 3.26. The number of pyridine rings is 1. The van der Waals surface area contributed by atoms with E-state index in [-0.39, 0.29) is 5.56 Å². The van der Waals surface area contributed by atoms with Crippen molar-refractivity contribution in [2.24, 2.45) is 0 Å². The summed E-state index contributed by atoms with van der Waals surface area (Å²) in [5.41, 5.74) is 2.64.